The van der Waals surface area contributed by atoms with Crippen molar-refractivity contribution in [2.75, 3.05) is 30.3 Å². The number of hydrogen-bond acceptors (Lipinski definition) is 5. The molecule has 0 aliphatic heterocycles. The van der Waals surface area contributed by atoms with Crippen LogP contribution in [0.1, 0.15) is 25.8 Å². The highest BCUT2D eigenvalue weighted by molar-refractivity contribution is 5.56. The largest absolute Gasteiger partial charge is 0.396 e. The van der Waals surface area contributed by atoms with Crippen LogP contribution in [0.2, 0.25) is 0 Å². The van der Waals surface area contributed by atoms with Crippen molar-refractivity contribution in [3.8, 4) is 0 Å². The molecule has 5 nitrogen and oxygen atoms in total. The van der Waals surface area contributed by atoms with Crippen LogP contribution in [0, 0.1) is 12.8 Å². The molecule has 1 rings (SSSR count). The Balaban J connectivity index is 2.65. The van der Waals surface area contributed by atoms with E-state index < -0.39 is 0 Å². The molecule has 0 radical (unpaired) electrons. The lowest BCUT2D eigenvalue weighted by atomic mass is 10.2. The van der Waals surface area contributed by atoms with Gasteiger partial charge in [-0.2, -0.15) is 0 Å². The van der Waals surface area contributed by atoms with Crippen LogP contribution >= 0.6 is 0 Å². The third-order valence-corrected chi connectivity index (χ3v) is 2.56. The van der Waals surface area contributed by atoms with Crippen molar-refractivity contribution in [2.45, 2.75) is 27.2 Å². The van der Waals surface area contributed by atoms with E-state index in [1.165, 1.54) is 0 Å². The number of hydrogen-bond donors (Lipinski definition) is 3. The van der Waals surface area contributed by atoms with Gasteiger partial charge in [0.2, 0.25) is 0 Å². The Morgan fingerprint density at radius 1 is 1.29 bits per heavy atom. The molecule has 1 aromatic heterocycles. The number of nitrogens with zero attached hydrogens (tertiary/aromatic N) is 2. The molecule has 1 atom stereocenters. The van der Waals surface area contributed by atoms with Crippen LogP contribution in [0.25, 0.3) is 0 Å². The topological polar surface area (TPSA) is 70.1 Å². The summed E-state index contributed by atoms with van der Waals surface area (Å²) in [6.07, 6.45) is 2.62. The van der Waals surface area contributed by atoms with Crippen LogP contribution in [-0.2, 0) is 0 Å². The smallest absolute Gasteiger partial charge is 0.134 e. The standard InChI is InChI=1S/C12H22N4O/c1-4-5-13-11-10(3)12(16-8-15-11)14-6-9(2)7-17/h8-9,17H,4-7H2,1-3H3,(H2,13,14,15,16). The summed E-state index contributed by atoms with van der Waals surface area (Å²) in [5, 5.41) is 15.5. The number of nitrogens with one attached hydrogen (secondary N) is 2. The van der Waals surface area contributed by atoms with E-state index in [1.54, 1.807) is 6.33 Å². The normalized spacial score (nSPS) is 12.2. The van der Waals surface area contributed by atoms with Crippen molar-refractivity contribution >= 4 is 11.6 Å². The van der Waals surface area contributed by atoms with Crippen LogP contribution in [0.4, 0.5) is 11.6 Å². The molecule has 0 saturated heterocycles. The zero-order valence-corrected chi connectivity index (χ0v) is 10.8. The Kier molecular flexibility index (Phi) is 5.69. The molecule has 96 valence electrons. The first-order chi connectivity index (χ1) is 8.19. The highest BCUT2D eigenvalue weighted by atomic mass is 16.3. The van der Waals surface area contributed by atoms with E-state index in [0.29, 0.717) is 6.54 Å². The Morgan fingerprint density at radius 2 is 1.94 bits per heavy atom. The molecule has 0 aromatic carbocycles. The summed E-state index contributed by atoms with van der Waals surface area (Å²) in [7, 11) is 0. The number of aromatic nitrogens is 2. The monoisotopic (exact) mass is 238 g/mol. The Hall–Kier alpha value is -1.36. The van der Waals surface area contributed by atoms with Gasteiger partial charge < -0.3 is 15.7 Å². The summed E-state index contributed by atoms with van der Waals surface area (Å²) in [4.78, 5) is 8.42. The van der Waals surface area contributed by atoms with Gasteiger partial charge in [0.1, 0.15) is 18.0 Å². The molecule has 0 aliphatic rings. The zero-order valence-electron chi connectivity index (χ0n) is 10.8. The summed E-state index contributed by atoms with van der Waals surface area (Å²) in [6.45, 7) is 7.89. The zero-order chi connectivity index (χ0) is 12.7. The maximum Gasteiger partial charge on any atom is 0.134 e. The van der Waals surface area contributed by atoms with Gasteiger partial charge >= 0.3 is 0 Å². The summed E-state index contributed by atoms with van der Waals surface area (Å²) in [6, 6.07) is 0. The Bertz CT molecular complexity index is 343. The fourth-order valence-electron chi connectivity index (χ4n) is 1.39. The molecule has 0 bridgehead atoms. The SMILES string of the molecule is CCCNc1ncnc(NCC(C)CO)c1C. The quantitative estimate of drug-likeness (QED) is 0.674. The van der Waals surface area contributed by atoms with E-state index >= 15 is 0 Å². The molecule has 0 fully saturated rings. The first-order valence-electron chi connectivity index (χ1n) is 6.09. The van der Waals surface area contributed by atoms with E-state index in [0.717, 1.165) is 30.2 Å². The van der Waals surface area contributed by atoms with E-state index in [4.69, 9.17) is 5.11 Å². The summed E-state index contributed by atoms with van der Waals surface area (Å²) < 4.78 is 0. The molecule has 0 aliphatic carbocycles. The van der Waals surface area contributed by atoms with Gasteiger partial charge in [-0.15, -0.1) is 0 Å². The van der Waals surface area contributed by atoms with Crippen LogP contribution in [0.3, 0.4) is 0 Å². The summed E-state index contributed by atoms with van der Waals surface area (Å²) >= 11 is 0. The van der Waals surface area contributed by atoms with E-state index in [9.17, 15) is 0 Å². The molecule has 5 heteroatoms. The predicted octanol–water partition coefficient (Wildman–Crippen LogP) is 1.65. The summed E-state index contributed by atoms with van der Waals surface area (Å²) in [5.41, 5.74) is 1.02. The Labute approximate surface area is 103 Å². The van der Waals surface area contributed by atoms with Gasteiger partial charge in [0.05, 0.1) is 0 Å². The van der Waals surface area contributed by atoms with Crippen molar-refractivity contribution in [3.05, 3.63) is 11.9 Å². The lowest BCUT2D eigenvalue weighted by Crippen LogP contribution is -2.16. The maximum atomic E-state index is 8.97. The fourth-order valence-corrected chi connectivity index (χ4v) is 1.39. The molecule has 1 heterocycles. The average molecular weight is 238 g/mol. The molecule has 0 spiro atoms. The Morgan fingerprint density at radius 3 is 2.53 bits per heavy atom. The predicted molar refractivity (Wildman–Crippen MR) is 70.3 cm³/mol. The first-order valence-corrected chi connectivity index (χ1v) is 6.09. The molecular weight excluding hydrogens is 216 g/mol. The number of aliphatic hydroxyl groups is 1. The second-order valence-corrected chi connectivity index (χ2v) is 4.29. The van der Waals surface area contributed by atoms with Gasteiger partial charge in [-0.25, -0.2) is 9.97 Å². The average Bonchev–Trinajstić information content (AvgIpc) is 2.35. The second kappa shape index (κ2) is 7.06. The van der Waals surface area contributed by atoms with Crippen LogP contribution in [0.15, 0.2) is 6.33 Å². The van der Waals surface area contributed by atoms with Gasteiger partial charge in [-0.1, -0.05) is 13.8 Å². The number of rotatable bonds is 7. The van der Waals surface area contributed by atoms with Crippen LogP contribution < -0.4 is 10.6 Å². The third-order valence-electron chi connectivity index (χ3n) is 2.56. The van der Waals surface area contributed by atoms with Crippen LogP contribution in [0.5, 0.6) is 0 Å². The molecule has 0 saturated carbocycles. The fraction of sp³-hybridized carbons (Fsp3) is 0.667. The minimum absolute atomic E-state index is 0.179. The molecular formula is C12H22N4O. The number of anilines is 2. The van der Waals surface area contributed by atoms with E-state index in [-0.39, 0.29) is 12.5 Å². The second-order valence-electron chi connectivity index (χ2n) is 4.29. The van der Waals surface area contributed by atoms with Crippen molar-refractivity contribution in [1.82, 2.24) is 9.97 Å². The highest BCUT2D eigenvalue weighted by Gasteiger charge is 2.07. The number of aliphatic hydroxyl groups excluding tert-OH is 1. The lowest BCUT2D eigenvalue weighted by Gasteiger charge is -2.14. The first kappa shape index (κ1) is 13.7. The van der Waals surface area contributed by atoms with Crippen molar-refractivity contribution < 1.29 is 5.11 Å². The molecule has 17 heavy (non-hydrogen) atoms. The molecule has 1 unspecified atom stereocenters. The molecule has 0 amide bonds. The minimum atomic E-state index is 0.179. The lowest BCUT2D eigenvalue weighted by molar-refractivity contribution is 0.244. The highest BCUT2D eigenvalue weighted by Crippen LogP contribution is 2.18. The van der Waals surface area contributed by atoms with Gasteiger partial charge in [-0.3, -0.25) is 0 Å². The van der Waals surface area contributed by atoms with Gasteiger partial charge in [0.15, 0.2) is 0 Å². The van der Waals surface area contributed by atoms with Gasteiger partial charge in [0.25, 0.3) is 0 Å². The molecule has 3 N–H and O–H groups in total. The van der Waals surface area contributed by atoms with Crippen LogP contribution in [-0.4, -0.2) is 34.8 Å². The summed E-state index contributed by atoms with van der Waals surface area (Å²) in [5.74, 6) is 1.93. The van der Waals surface area contributed by atoms with Gasteiger partial charge in [-0.05, 0) is 19.3 Å². The van der Waals surface area contributed by atoms with Crippen molar-refractivity contribution in [3.63, 3.8) is 0 Å². The third kappa shape index (κ3) is 4.19. The minimum Gasteiger partial charge on any atom is -0.396 e. The maximum absolute atomic E-state index is 8.97. The van der Waals surface area contributed by atoms with E-state index in [1.807, 2.05) is 13.8 Å². The molecule has 1 aromatic rings. The van der Waals surface area contributed by atoms with Gasteiger partial charge in [0, 0.05) is 25.3 Å². The van der Waals surface area contributed by atoms with Crippen molar-refractivity contribution in [1.29, 1.82) is 0 Å². The van der Waals surface area contributed by atoms with E-state index in [2.05, 4.69) is 27.5 Å². The van der Waals surface area contributed by atoms with Crippen molar-refractivity contribution in [2.24, 2.45) is 5.92 Å².